The molecule has 1 N–H and O–H groups in total. The SMILES string of the molecule is CC(C)(C)CC(=O)Nc1cc(C(F)(F)F)ccc1-n1ccnc1. The third kappa shape index (κ3) is 4.58. The summed E-state index contributed by atoms with van der Waals surface area (Å²) in [5.41, 5.74) is -0.543. The highest BCUT2D eigenvalue weighted by Crippen LogP contribution is 2.33. The molecule has 1 amide bonds. The summed E-state index contributed by atoms with van der Waals surface area (Å²) in [5.74, 6) is -0.335. The highest BCUT2D eigenvalue weighted by molar-refractivity contribution is 5.93. The molecule has 23 heavy (non-hydrogen) atoms. The first-order valence-corrected chi connectivity index (χ1v) is 7.06. The van der Waals surface area contributed by atoms with Crippen molar-refractivity contribution >= 4 is 11.6 Å². The Morgan fingerprint density at radius 3 is 2.48 bits per heavy atom. The maximum absolute atomic E-state index is 12.9. The number of imidazole rings is 1. The van der Waals surface area contributed by atoms with Gasteiger partial charge in [0.2, 0.25) is 5.91 Å². The maximum Gasteiger partial charge on any atom is 0.416 e. The van der Waals surface area contributed by atoms with E-state index < -0.39 is 11.7 Å². The summed E-state index contributed by atoms with van der Waals surface area (Å²) < 4.78 is 40.3. The summed E-state index contributed by atoms with van der Waals surface area (Å²) in [6, 6.07) is 3.24. The fourth-order valence-electron chi connectivity index (χ4n) is 2.12. The zero-order valence-electron chi connectivity index (χ0n) is 13.1. The van der Waals surface area contributed by atoms with E-state index in [1.165, 1.54) is 18.6 Å². The van der Waals surface area contributed by atoms with Crippen LogP contribution in [0.3, 0.4) is 0 Å². The van der Waals surface area contributed by atoms with E-state index in [-0.39, 0.29) is 23.4 Å². The van der Waals surface area contributed by atoms with Crippen molar-refractivity contribution in [3.63, 3.8) is 0 Å². The minimum Gasteiger partial charge on any atom is -0.324 e. The lowest BCUT2D eigenvalue weighted by molar-refractivity contribution is -0.137. The number of carbonyl (C=O) groups is 1. The van der Waals surface area contributed by atoms with Crippen molar-refractivity contribution in [1.29, 1.82) is 0 Å². The van der Waals surface area contributed by atoms with Crippen LogP contribution in [0.25, 0.3) is 5.69 Å². The fourth-order valence-corrected chi connectivity index (χ4v) is 2.12. The highest BCUT2D eigenvalue weighted by Gasteiger charge is 2.31. The van der Waals surface area contributed by atoms with E-state index in [0.717, 1.165) is 12.1 Å². The van der Waals surface area contributed by atoms with Gasteiger partial charge in [0.25, 0.3) is 0 Å². The number of halogens is 3. The molecule has 0 bridgehead atoms. The number of rotatable bonds is 3. The second kappa shape index (κ2) is 6.06. The van der Waals surface area contributed by atoms with Crippen LogP contribution in [0.4, 0.5) is 18.9 Å². The maximum atomic E-state index is 12.9. The molecule has 0 aliphatic heterocycles. The average molecular weight is 325 g/mol. The van der Waals surface area contributed by atoms with E-state index in [1.807, 2.05) is 20.8 Å². The molecule has 0 aliphatic rings. The van der Waals surface area contributed by atoms with Crippen LogP contribution in [0.5, 0.6) is 0 Å². The van der Waals surface area contributed by atoms with Gasteiger partial charge in [-0.3, -0.25) is 4.79 Å². The number of amides is 1. The molecule has 1 aromatic carbocycles. The van der Waals surface area contributed by atoms with Gasteiger partial charge in [-0.15, -0.1) is 0 Å². The molecule has 0 spiro atoms. The summed E-state index contributed by atoms with van der Waals surface area (Å²) in [6.07, 6.45) is 0.298. The molecule has 0 radical (unpaired) electrons. The second-order valence-corrected chi connectivity index (χ2v) is 6.49. The lowest BCUT2D eigenvalue weighted by atomic mass is 9.92. The molecule has 2 rings (SSSR count). The first-order chi connectivity index (χ1) is 10.6. The fraction of sp³-hybridized carbons (Fsp3) is 0.375. The normalized spacial score (nSPS) is 12.3. The molecule has 4 nitrogen and oxygen atoms in total. The summed E-state index contributed by atoms with van der Waals surface area (Å²) in [7, 11) is 0. The Balaban J connectivity index is 2.39. The van der Waals surface area contributed by atoms with Crippen LogP contribution in [0.15, 0.2) is 36.9 Å². The van der Waals surface area contributed by atoms with Crippen molar-refractivity contribution in [3.05, 3.63) is 42.5 Å². The summed E-state index contributed by atoms with van der Waals surface area (Å²) in [5, 5.41) is 2.58. The molecule has 0 atom stereocenters. The van der Waals surface area contributed by atoms with Gasteiger partial charge in [-0.25, -0.2) is 4.98 Å². The van der Waals surface area contributed by atoms with Gasteiger partial charge >= 0.3 is 6.18 Å². The Labute approximate surface area is 132 Å². The van der Waals surface area contributed by atoms with Crippen LogP contribution in [-0.4, -0.2) is 15.5 Å². The number of nitrogens with zero attached hydrogens (tertiary/aromatic N) is 2. The lowest BCUT2D eigenvalue weighted by Gasteiger charge is -2.19. The monoisotopic (exact) mass is 325 g/mol. The largest absolute Gasteiger partial charge is 0.416 e. The lowest BCUT2D eigenvalue weighted by Crippen LogP contribution is -2.21. The zero-order valence-corrected chi connectivity index (χ0v) is 13.1. The van der Waals surface area contributed by atoms with Gasteiger partial charge in [0, 0.05) is 18.8 Å². The van der Waals surface area contributed by atoms with Gasteiger partial charge in [0.1, 0.15) is 0 Å². The van der Waals surface area contributed by atoms with Crippen LogP contribution in [0.1, 0.15) is 32.8 Å². The van der Waals surface area contributed by atoms with E-state index in [1.54, 1.807) is 10.8 Å². The van der Waals surface area contributed by atoms with E-state index >= 15 is 0 Å². The van der Waals surface area contributed by atoms with Crippen molar-refractivity contribution in [2.75, 3.05) is 5.32 Å². The van der Waals surface area contributed by atoms with Gasteiger partial charge in [-0.2, -0.15) is 13.2 Å². The Morgan fingerprint density at radius 1 is 1.26 bits per heavy atom. The quantitative estimate of drug-likeness (QED) is 0.916. The number of anilines is 1. The minimum absolute atomic E-state index is 0.104. The van der Waals surface area contributed by atoms with Crippen LogP contribution >= 0.6 is 0 Å². The molecule has 0 fully saturated rings. The van der Waals surface area contributed by atoms with Crippen molar-refractivity contribution in [1.82, 2.24) is 9.55 Å². The first-order valence-electron chi connectivity index (χ1n) is 7.06. The van der Waals surface area contributed by atoms with E-state index in [9.17, 15) is 18.0 Å². The van der Waals surface area contributed by atoms with E-state index in [0.29, 0.717) is 5.69 Å². The summed E-state index contributed by atoms with van der Waals surface area (Å²) >= 11 is 0. The number of hydrogen-bond donors (Lipinski definition) is 1. The topological polar surface area (TPSA) is 46.9 Å². The number of benzene rings is 1. The molecule has 124 valence electrons. The number of aromatic nitrogens is 2. The Morgan fingerprint density at radius 2 is 1.96 bits per heavy atom. The Bertz CT molecular complexity index is 686. The number of alkyl halides is 3. The first kappa shape index (κ1) is 17.1. The molecule has 0 unspecified atom stereocenters. The molecule has 0 saturated carbocycles. The van der Waals surface area contributed by atoms with Gasteiger partial charge in [-0.05, 0) is 23.6 Å². The molecule has 7 heteroatoms. The van der Waals surface area contributed by atoms with Crippen molar-refractivity contribution in [2.45, 2.75) is 33.4 Å². The molecular weight excluding hydrogens is 307 g/mol. The van der Waals surface area contributed by atoms with Crippen LogP contribution in [0.2, 0.25) is 0 Å². The van der Waals surface area contributed by atoms with Gasteiger partial charge in [0.05, 0.1) is 23.3 Å². The number of carbonyl (C=O) groups excluding carboxylic acids is 1. The third-order valence-corrected chi connectivity index (χ3v) is 3.07. The van der Waals surface area contributed by atoms with Crippen LogP contribution in [0, 0.1) is 5.41 Å². The molecule has 0 saturated heterocycles. The molecule has 1 aromatic heterocycles. The van der Waals surface area contributed by atoms with Crippen molar-refractivity contribution < 1.29 is 18.0 Å². The van der Waals surface area contributed by atoms with Crippen LogP contribution < -0.4 is 5.32 Å². The predicted molar refractivity (Wildman–Crippen MR) is 81.3 cm³/mol. The summed E-state index contributed by atoms with van der Waals surface area (Å²) in [4.78, 5) is 16.0. The van der Waals surface area contributed by atoms with Gasteiger partial charge in [0.15, 0.2) is 0 Å². The Kier molecular flexibility index (Phi) is 4.49. The smallest absolute Gasteiger partial charge is 0.324 e. The zero-order chi connectivity index (χ0) is 17.3. The van der Waals surface area contributed by atoms with E-state index in [4.69, 9.17) is 0 Å². The summed E-state index contributed by atoms with van der Waals surface area (Å²) in [6.45, 7) is 5.65. The minimum atomic E-state index is -4.48. The highest BCUT2D eigenvalue weighted by atomic mass is 19.4. The number of nitrogens with one attached hydrogen (secondary N) is 1. The third-order valence-electron chi connectivity index (χ3n) is 3.07. The Hall–Kier alpha value is -2.31. The molecule has 2 aromatic rings. The second-order valence-electron chi connectivity index (χ2n) is 6.49. The molecular formula is C16H18F3N3O. The van der Waals surface area contributed by atoms with E-state index in [2.05, 4.69) is 10.3 Å². The average Bonchev–Trinajstić information content (AvgIpc) is 2.88. The molecule has 1 heterocycles. The standard InChI is InChI=1S/C16H18F3N3O/c1-15(2,3)9-14(23)21-12-8-11(16(17,18)19)4-5-13(12)22-7-6-20-10-22/h4-8,10H,9H2,1-3H3,(H,21,23). The number of hydrogen-bond acceptors (Lipinski definition) is 2. The van der Waals surface area contributed by atoms with Crippen molar-refractivity contribution in [2.24, 2.45) is 5.41 Å². The van der Waals surface area contributed by atoms with Crippen molar-refractivity contribution in [3.8, 4) is 5.69 Å². The molecule has 0 aliphatic carbocycles. The van der Waals surface area contributed by atoms with Gasteiger partial charge in [-0.1, -0.05) is 20.8 Å². The van der Waals surface area contributed by atoms with Gasteiger partial charge < -0.3 is 9.88 Å². The van der Waals surface area contributed by atoms with Crippen LogP contribution in [-0.2, 0) is 11.0 Å². The predicted octanol–water partition coefficient (Wildman–Crippen LogP) is 4.27.